The molecular weight excluding hydrogens is 222 g/mol. The molecule has 1 aliphatic carbocycles. The highest BCUT2D eigenvalue weighted by molar-refractivity contribution is 5.39. The number of aromatic hydroxyl groups is 1. The molecule has 3 rings (SSSR count). The van der Waals surface area contributed by atoms with Crippen molar-refractivity contribution in [1.82, 2.24) is 4.90 Å². The van der Waals surface area contributed by atoms with Crippen molar-refractivity contribution in [2.45, 2.75) is 51.6 Å². The molecule has 0 spiro atoms. The molecule has 0 amide bonds. The molecule has 1 saturated heterocycles. The van der Waals surface area contributed by atoms with Crippen molar-refractivity contribution in [1.29, 1.82) is 0 Å². The molecule has 0 radical (unpaired) electrons. The summed E-state index contributed by atoms with van der Waals surface area (Å²) < 4.78 is 0. The average Bonchev–Trinajstić information content (AvgIpc) is 2.79. The maximum absolute atomic E-state index is 10.1. The first-order valence-corrected chi connectivity index (χ1v) is 7.27. The number of fused-ring (bicyclic) bond motifs is 1. The van der Waals surface area contributed by atoms with Gasteiger partial charge in [-0.2, -0.15) is 0 Å². The molecule has 1 aliphatic heterocycles. The third-order valence-electron chi connectivity index (χ3n) is 4.82. The molecule has 2 heteroatoms. The van der Waals surface area contributed by atoms with E-state index < -0.39 is 0 Å². The van der Waals surface area contributed by atoms with E-state index in [0.29, 0.717) is 5.75 Å². The zero-order valence-corrected chi connectivity index (χ0v) is 11.2. The van der Waals surface area contributed by atoms with Crippen LogP contribution in [0.1, 0.15) is 43.2 Å². The summed E-state index contributed by atoms with van der Waals surface area (Å²) in [4.78, 5) is 2.60. The van der Waals surface area contributed by atoms with E-state index in [1.807, 2.05) is 13.0 Å². The predicted octanol–water partition coefficient (Wildman–Crippen LogP) is 3.47. The zero-order chi connectivity index (χ0) is 12.5. The third-order valence-corrected chi connectivity index (χ3v) is 4.82. The van der Waals surface area contributed by atoms with E-state index in [0.717, 1.165) is 29.6 Å². The zero-order valence-electron chi connectivity index (χ0n) is 11.2. The molecule has 2 unspecified atom stereocenters. The van der Waals surface area contributed by atoms with Crippen molar-refractivity contribution >= 4 is 0 Å². The van der Waals surface area contributed by atoms with Crippen molar-refractivity contribution in [2.75, 3.05) is 6.54 Å². The molecule has 0 aromatic heterocycles. The molecule has 1 aromatic carbocycles. The summed E-state index contributed by atoms with van der Waals surface area (Å²) >= 11 is 0. The van der Waals surface area contributed by atoms with Gasteiger partial charge in [-0.15, -0.1) is 0 Å². The van der Waals surface area contributed by atoms with Crippen LogP contribution in [0.15, 0.2) is 18.2 Å². The van der Waals surface area contributed by atoms with E-state index in [2.05, 4.69) is 17.0 Å². The van der Waals surface area contributed by atoms with E-state index in [9.17, 15) is 5.11 Å². The second kappa shape index (κ2) is 4.93. The van der Waals surface area contributed by atoms with E-state index in [1.165, 1.54) is 38.6 Å². The van der Waals surface area contributed by atoms with Crippen LogP contribution < -0.4 is 0 Å². The lowest BCUT2D eigenvalue weighted by Crippen LogP contribution is -2.34. The Hall–Kier alpha value is -1.02. The highest BCUT2D eigenvalue weighted by Gasteiger charge is 2.35. The summed E-state index contributed by atoms with van der Waals surface area (Å²) in [5.74, 6) is 1.42. The summed E-state index contributed by atoms with van der Waals surface area (Å²) in [7, 11) is 0. The molecule has 0 bridgehead atoms. The second-order valence-electron chi connectivity index (χ2n) is 5.95. The van der Waals surface area contributed by atoms with Crippen LogP contribution in [0, 0.1) is 12.8 Å². The molecule has 18 heavy (non-hydrogen) atoms. The third kappa shape index (κ3) is 2.14. The van der Waals surface area contributed by atoms with Crippen molar-refractivity contribution in [3.05, 3.63) is 29.3 Å². The van der Waals surface area contributed by atoms with Crippen LogP contribution in [0.5, 0.6) is 5.75 Å². The van der Waals surface area contributed by atoms with Crippen molar-refractivity contribution in [3.63, 3.8) is 0 Å². The standard InChI is InChI=1S/C16H23NO/c1-12-5-4-7-14(16(12)18)11-17-10-9-13-6-2-3-8-15(13)17/h4-5,7,13,15,18H,2-3,6,8-11H2,1H3. The van der Waals surface area contributed by atoms with E-state index in [-0.39, 0.29) is 0 Å². The van der Waals surface area contributed by atoms with Gasteiger partial charge in [0.25, 0.3) is 0 Å². The lowest BCUT2D eigenvalue weighted by Gasteiger charge is -2.31. The number of rotatable bonds is 2. The number of aryl methyl sites for hydroxylation is 1. The van der Waals surface area contributed by atoms with Gasteiger partial charge in [0.15, 0.2) is 0 Å². The maximum atomic E-state index is 10.1. The normalized spacial score (nSPS) is 28.3. The summed E-state index contributed by atoms with van der Waals surface area (Å²) in [6, 6.07) is 6.88. The summed E-state index contributed by atoms with van der Waals surface area (Å²) in [6.07, 6.45) is 6.94. The SMILES string of the molecule is Cc1cccc(CN2CCC3CCCCC32)c1O. The Morgan fingerprint density at radius 1 is 1.22 bits per heavy atom. The number of hydrogen-bond acceptors (Lipinski definition) is 2. The van der Waals surface area contributed by atoms with Crippen LogP contribution in [0.4, 0.5) is 0 Å². The Labute approximate surface area is 110 Å². The number of benzene rings is 1. The lowest BCUT2D eigenvalue weighted by molar-refractivity contribution is 0.174. The molecule has 1 heterocycles. The van der Waals surface area contributed by atoms with Crippen LogP contribution >= 0.6 is 0 Å². The van der Waals surface area contributed by atoms with Crippen LogP contribution in [0.2, 0.25) is 0 Å². The van der Waals surface area contributed by atoms with Crippen LogP contribution in [-0.2, 0) is 6.54 Å². The van der Waals surface area contributed by atoms with Gasteiger partial charge in [-0.3, -0.25) is 4.90 Å². The van der Waals surface area contributed by atoms with E-state index >= 15 is 0 Å². The Morgan fingerprint density at radius 3 is 2.94 bits per heavy atom. The average molecular weight is 245 g/mol. The van der Waals surface area contributed by atoms with Gasteiger partial charge in [-0.25, -0.2) is 0 Å². The van der Waals surface area contributed by atoms with Gasteiger partial charge in [0.2, 0.25) is 0 Å². The molecule has 2 nitrogen and oxygen atoms in total. The Bertz CT molecular complexity index is 429. The monoisotopic (exact) mass is 245 g/mol. The van der Waals surface area contributed by atoms with Gasteiger partial charge in [-0.05, 0) is 44.2 Å². The number of phenolic OH excluding ortho intramolecular Hbond substituents is 1. The summed E-state index contributed by atoms with van der Waals surface area (Å²) in [5, 5.41) is 10.1. The molecule has 1 aromatic rings. The highest BCUT2D eigenvalue weighted by Crippen LogP contribution is 2.37. The molecule has 2 aliphatic rings. The fourth-order valence-corrected chi connectivity index (χ4v) is 3.77. The number of likely N-dealkylation sites (tertiary alicyclic amines) is 1. The molecule has 1 saturated carbocycles. The molecule has 2 fully saturated rings. The van der Waals surface area contributed by atoms with Gasteiger partial charge in [0, 0.05) is 18.2 Å². The number of para-hydroxylation sites is 1. The molecule has 2 atom stereocenters. The minimum absolute atomic E-state index is 0.497. The number of nitrogens with zero attached hydrogens (tertiary/aromatic N) is 1. The fourth-order valence-electron chi connectivity index (χ4n) is 3.77. The van der Waals surface area contributed by atoms with Crippen molar-refractivity contribution in [2.24, 2.45) is 5.92 Å². The Kier molecular flexibility index (Phi) is 3.29. The predicted molar refractivity (Wildman–Crippen MR) is 73.6 cm³/mol. The van der Waals surface area contributed by atoms with E-state index in [1.54, 1.807) is 0 Å². The first kappa shape index (κ1) is 12.0. The quantitative estimate of drug-likeness (QED) is 0.862. The highest BCUT2D eigenvalue weighted by atomic mass is 16.3. The molecule has 1 N–H and O–H groups in total. The summed E-state index contributed by atoms with van der Waals surface area (Å²) in [5.41, 5.74) is 2.09. The minimum atomic E-state index is 0.497. The van der Waals surface area contributed by atoms with E-state index in [4.69, 9.17) is 0 Å². The van der Waals surface area contributed by atoms with Gasteiger partial charge >= 0.3 is 0 Å². The van der Waals surface area contributed by atoms with Gasteiger partial charge in [0.05, 0.1) is 0 Å². The van der Waals surface area contributed by atoms with Gasteiger partial charge in [-0.1, -0.05) is 31.0 Å². The van der Waals surface area contributed by atoms with Crippen LogP contribution in [-0.4, -0.2) is 22.6 Å². The largest absolute Gasteiger partial charge is 0.507 e. The van der Waals surface area contributed by atoms with Crippen LogP contribution in [0.25, 0.3) is 0 Å². The Morgan fingerprint density at radius 2 is 2.06 bits per heavy atom. The van der Waals surface area contributed by atoms with Crippen LogP contribution in [0.3, 0.4) is 0 Å². The van der Waals surface area contributed by atoms with Crippen molar-refractivity contribution in [3.8, 4) is 5.75 Å². The summed E-state index contributed by atoms with van der Waals surface area (Å²) in [6.45, 7) is 4.11. The fraction of sp³-hybridized carbons (Fsp3) is 0.625. The number of hydrogen-bond donors (Lipinski definition) is 1. The Balaban J connectivity index is 1.74. The first-order chi connectivity index (χ1) is 8.75. The van der Waals surface area contributed by atoms with Gasteiger partial charge in [0.1, 0.15) is 5.75 Å². The molecule has 98 valence electrons. The molecular formula is C16H23NO. The second-order valence-corrected chi connectivity index (χ2v) is 5.95. The van der Waals surface area contributed by atoms with Crippen molar-refractivity contribution < 1.29 is 5.11 Å². The minimum Gasteiger partial charge on any atom is -0.507 e. The van der Waals surface area contributed by atoms with Gasteiger partial charge < -0.3 is 5.11 Å². The topological polar surface area (TPSA) is 23.5 Å². The first-order valence-electron chi connectivity index (χ1n) is 7.27. The number of phenols is 1. The lowest BCUT2D eigenvalue weighted by atomic mass is 9.85. The smallest absolute Gasteiger partial charge is 0.122 e. The maximum Gasteiger partial charge on any atom is 0.122 e.